The lowest BCUT2D eigenvalue weighted by molar-refractivity contribution is -0.142. The fourth-order valence-corrected chi connectivity index (χ4v) is 4.62. The molecule has 3 aliphatic heterocycles. The zero-order chi connectivity index (χ0) is 19.5. The highest BCUT2D eigenvalue weighted by molar-refractivity contribution is 5.86. The van der Waals surface area contributed by atoms with Crippen molar-refractivity contribution in [3.8, 4) is 0 Å². The van der Waals surface area contributed by atoms with Gasteiger partial charge in [0.25, 0.3) is 0 Å². The van der Waals surface area contributed by atoms with Crippen molar-refractivity contribution in [3.63, 3.8) is 0 Å². The van der Waals surface area contributed by atoms with Crippen molar-refractivity contribution in [2.24, 2.45) is 0 Å². The van der Waals surface area contributed by atoms with Crippen molar-refractivity contribution in [2.75, 3.05) is 56.2 Å². The van der Waals surface area contributed by atoms with E-state index in [0.29, 0.717) is 32.3 Å². The van der Waals surface area contributed by atoms with Crippen LogP contribution in [-0.2, 0) is 9.57 Å². The highest BCUT2D eigenvalue weighted by Crippen LogP contribution is 2.30. The number of carbonyl (C=O) groups is 1. The van der Waals surface area contributed by atoms with Crippen molar-refractivity contribution < 1.29 is 14.4 Å². The Morgan fingerprint density at radius 3 is 2.71 bits per heavy atom. The van der Waals surface area contributed by atoms with Crippen molar-refractivity contribution >= 4 is 17.5 Å². The Hall–Kier alpha value is -1.83. The summed E-state index contributed by atoms with van der Waals surface area (Å²) in [5, 5.41) is 4.51. The largest absolute Gasteiger partial charge is 0.430 e. The zero-order valence-electron chi connectivity index (χ0n) is 17.0. The van der Waals surface area contributed by atoms with E-state index in [2.05, 4.69) is 34.2 Å². The number of aryl methyl sites for hydroxylation is 1. The van der Waals surface area contributed by atoms with E-state index in [4.69, 9.17) is 9.57 Å². The van der Waals surface area contributed by atoms with Crippen molar-refractivity contribution in [1.29, 1.82) is 0 Å². The van der Waals surface area contributed by atoms with Crippen LogP contribution >= 0.6 is 0 Å². The lowest BCUT2D eigenvalue weighted by atomic mass is 10.1. The van der Waals surface area contributed by atoms with E-state index in [1.54, 1.807) is 5.06 Å². The Morgan fingerprint density at radius 2 is 2.00 bits per heavy atom. The lowest BCUT2D eigenvalue weighted by Crippen LogP contribution is -2.39. The minimum Gasteiger partial charge on any atom is -0.379 e. The summed E-state index contributed by atoms with van der Waals surface area (Å²) in [5.41, 5.74) is 3.08. The van der Waals surface area contributed by atoms with E-state index >= 15 is 0 Å². The maximum absolute atomic E-state index is 12.2. The zero-order valence-corrected chi connectivity index (χ0v) is 17.0. The number of hydroxylamine groups is 2. The van der Waals surface area contributed by atoms with Crippen molar-refractivity contribution in [1.82, 2.24) is 9.96 Å². The molecular weight excluding hydrogens is 356 g/mol. The summed E-state index contributed by atoms with van der Waals surface area (Å²) in [5.74, 6) is 0. The van der Waals surface area contributed by atoms with E-state index < -0.39 is 6.09 Å². The molecule has 3 fully saturated rings. The first-order valence-corrected chi connectivity index (χ1v) is 10.5. The SMILES string of the molecule is Cc1cc(N2CC[C@@H](N3CCC[C@@H]3C)C2)ccc1NC(=O)ON1CCOCC1. The third-order valence-corrected chi connectivity index (χ3v) is 6.23. The number of anilines is 2. The average Bonchev–Trinajstić information content (AvgIpc) is 3.33. The van der Waals surface area contributed by atoms with Gasteiger partial charge in [-0.15, -0.1) is 5.06 Å². The van der Waals surface area contributed by atoms with Gasteiger partial charge in [0.15, 0.2) is 0 Å². The van der Waals surface area contributed by atoms with E-state index in [1.807, 2.05) is 13.0 Å². The second-order valence-corrected chi connectivity index (χ2v) is 8.16. The molecule has 0 aliphatic carbocycles. The molecule has 0 bridgehead atoms. The van der Waals surface area contributed by atoms with Crippen LogP contribution in [0.4, 0.5) is 16.2 Å². The van der Waals surface area contributed by atoms with Crippen LogP contribution in [0.1, 0.15) is 31.7 Å². The van der Waals surface area contributed by atoms with Crippen LogP contribution in [0.3, 0.4) is 0 Å². The average molecular weight is 389 g/mol. The summed E-state index contributed by atoms with van der Waals surface area (Å²) in [7, 11) is 0. The fourth-order valence-electron chi connectivity index (χ4n) is 4.62. The van der Waals surface area contributed by atoms with E-state index in [0.717, 1.165) is 30.4 Å². The molecule has 1 aromatic carbocycles. The van der Waals surface area contributed by atoms with Crippen LogP contribution in [0.2, 0.25) is 0 Å². The third-order valence-electron chi connectivity index (χ3n) is 6.23. The minimum atomic E-state index is -0.443. The summed E-state index contributed by atoms with van der Waals surface area (Å²) >= 11 is 0. The number of likely N-dealkylation sites (tertiary alicyclic amines) is 1. The number of amides is 1. The molecule has 0 unspecified atom stereocenters. The van der Waals surface area contributed by atoms with Gasteiger partial charge >= 0.3 is 6.09 Å². The fraction of sp³-hybridized carbons (Fsp3) is 0.667. The molecule has 3 saturated heterocycles. The molecule has 0 saturated carbocycles. The maximum atomic E-state index is 12.2. The van der Waals surface area contributed by atoms with E-state index in [-0.39, 0.29) is 0 Å². The molecule has 7 heteroatoms. The molecule has 1 amide bonds. The van der Waals surface area contributed by atoms with Crippen LogP contribution < -0.4 is 10.2 Å². The molecule has 0 aromatic heterocycles. The molecule has 0 spiro atoms. The number of morpholine rings is 1. The Kier molecular flexibility index (Phi) is 6.04. The Bertz CT molecular complexity index is 692. The highest BCUT2D eigenvalue weighted by Gasteiger charge is 2.33. The topological polar surface area (TPSA) is 57.3 Å². The van der Waals surface area contributed by atoms with Gasteiger partial charge in [0.05, 0.1) is 26.3 Å². The molecule has 3 heterocycles. The number of hydrogen-bond donors (Lipinski definition) is 1. The number of ether oxygens (including phenoxy) is 1. The standard InChI is InChI=1S/C21H32N4O3/c1-16-14-18(23-9-7-19(15-23)25-8-3-4-17(25)2)5-6-20(16)22-21(26)28-24-10-12-27-13-11-24/h5-6,14,17,19H,3-4,7-13,15H2,1-2H3,(H,22,26)/t17-,19+/m0/s1. The third kappa shape index (κ3) is 4.42. The van der Waals surface area contributed by atoms with Gasteiger partial charge in [-0.05, 0) is 63.4 Å². The van der Waals surface area contributed by atoms with Crippen LogP contribution in [0.5, 0.6) is 0 Å². The van der Waals surface area contributed by atoms with Crippen LogP contribution in [0.25, 0.3) is 0 Å². The van der Waals surface area contributed by atoms with E-state index in [9.17, 15) is 4.79 Å². The lowest BCUT2D eigenvalue weighted by Gasteiger charge is -2.29. The van der Waals surface area contributed by atoms with Gasteiger partial charge in [0.2, 0.25) is 0 Å². The van der Waals surface area contributed by atoms with Gasteiger partial charge < -0.3 is 14.5 Å². The molecule has 1 N–H and O–H groups in total. The number of hydrogen-bond acceptors (Lipinski definition) is 6. The Balaban J connectivity index is 1.33. The summed E-state index contributed by atoms with van der Waals surface area (Å²) in [6.45, 7) is 10.2. The molecule has 154 valence electrons. The molecule has 3 aliphatic rings. The number of nitrogens with one attached hydrogen (secondary N) is 1. The first kappa shape index (κ1) is 19.5. The van der Waals surface area contributed by atoms with Crippen molar-refractivity contribution in [3.05, 3.63) is 23.8 Å². The smallest absolute Gasteiger partial charge is 0.379 e. The molecule has 1 aromatic rings. The minimum absolute atomic E-state index is 0.443. The van der Waals surface area contributed by atoms with Gasteiger partial charge in [0.1, 0.15) is 0 Å². The first-order chi connectivity index (χ1) is 13.6. The van der Waals surface area contributed by atoms with Crippen molar-refractivity contribution in [2.45, 2.75) is 45.2 Å². The van der Waals surface area contributed by atoms with Crippen LogP contribution in [0.15, 0.2) is 18.2 Å². The molecule has 0 radical (unpaired) electrons. The van der Waals surface area contributed by atoms with Gasteiger partial charge in [-0.25, -0.2) is 4.79 Å². The molecule has 7 nitrogen and oxygen atoms in total. The van der Waals surface area contributed by atoms with Gasteiger partial charge in [-0.2, -0.15) is 0 Å². The normalized spacial score (nSPS) is 26.6. The number of benzene rings is 1. The predicted molar refractivity (Wildman–Crippen MR) is 110 cm³/mol. The summed E-state index contributed by atoms with van der Waals surface area (Å²) in [6.07, 6.45) is 3.45. The molecule has 2 atom stereocenters. The molecule has 4 rings (SSSR count). The quantitative estimate of drug-likeness (QED) is 0.856. The Morgan fingerprint density at radius 1 is 1.18 bits per heavy atom. The van der Waals surface area contributed by atoms with Crippen LogP contribution in [-0.4, -0.2) is 74.1 Å². The summed E-state index contributed by atoms with van der Waals surface area (Å²) < 4.78 is 5.27. The molecule has 28 heavy (non-hydrogen) atoms. The van der Waals surface area contributed by atoms with Gasteiger partial charge in [0, 0.05) is 36.5 Å². The summed E-state index contributed by atoms with van der Waals surface area (Å²) in [6, 6.07) is 7.64. The van der Waals surface area contributed by atoms with E-state index in [1.165, 1.54) is 31.5 Å². The van der Waals surface area contributed by atoms with Gasteiger partial charge in [-0.3, -0.25) is 10.2 Å². The van der Waals surface area contributed by atoms with Gasteiger partial charge in [-0.1, -0.05) is 0 Å². The van der Waals surface area contributed by atoms with Crippen LogP contribution in [0, 0.1) is 6.92 Å². The second-order valence-electron chi connectivity index (χ2n) is 8.16. The number of rotatable bonds is 4. The maximum Gasteiger partial charge on any atom is 0.430 e. The number of nitrogens with zero attached hydrogens (tertiary/aromatic N) is 3. The molecular formula is C21H32N4O3. The second kappa shape index (κ2) is 8.68. The number of carbonyl (C=O) groups excluding carboxylic acids is 1. The first-order valence-electron chi connectivity index (χ1n) is 10.5. The highest BCUT2D eigenvalue weighted by atomic mass is 16.7. The predicted octanol–water partition coefficient (Wildman–Crippen LogP) is 2.85. The Labute approximate surface area is 167 Å². The monoisotopic (exact) mass is 388 g/mol. The summed E-state index contributed by atoms with van der Waals surface area (Å²) in [4.78, 5) is 22.7.